The summed E-state index contributed by atoms with van der Waals surface area (Å²) in [4.78, 5) is 23.9. The summed E-state index contributed by atoms with van der Waals surface area (Å²) in [5.41, 5.74) is 1.53. The first-order chi connectivity index (χ1) is 18.6. The van der Waals surface area contributed by atoms with Crippen molar-refractivity contribution in [2.24, 2.45) is 7.05 Å². The van der Waals surface area contributed by atoms with Gasteiger partial charge in [-0.25, -0.2) is 4.98 Å². The van der Waals surface area contributed by atoms with Gasteiger partial charge in [-0.1, -0.05) is 12.5 Å². The van der Waals surface area contributed by atoms with E-state index in [1.54, 1.807) is 11.0 Å². The van der Waals surface area contributed by atoms with Gasteiger partial charge in [0.15, 0.2) is 5.69 Å². The summed E-state index contributed by atoms with van der Waals surface area (Å²) in [5, 5.41) is 4.34. The maximum Gasteiger partial charge on any atom is 0.434 e. The molecule has 2 aromatic heterocycles. The zero-order valence-electron chi connectivity index (χ0n) is 22.4. The minimum Gasteiger partial charge on any atom is -0.367 e. The highest BCUT2D eigenvalue weighted by atomic mass is 19.4. The molecule has 8 nitrogen and oxygen atoms in total. The highest BCUT2D eigenvalue weighted by Crippen LogP contribution is 2.40. The number of anilines is 2. The smallest absolute Gasteiger partial charge is 0.367 e. The van der Waals surface area contributed by atoms with E-state index in [0.717, 1.165) is 31.5 Å². The minimum absolute atomic E-state index is 0.0768. The maximum atomic E-state index is 14.1. The Bertz CT molecular complexity index is 1260. The third-order valence-corrected chi connectivity index (χ3v) is 8.30. The fourth-order valence-electron chi connectivity index (χ4n) is 6.12. The quantitative estimate of drug-likeness (QED) is 0.429. The van der Waals surface area contributed by atoms with E-state index >= 15 is 0 Å². The third kappa shape index (κ3) is 5.22. The third-order valence-electron chi connectivity index (χ3n) is 8.30. The van der Waals surface area contributed by atoms with Crippen LogP contribution in [0.4, 0.5) is 24.7 Å². The molecule has 0 aromatic carbocycles. The molecule has 0 saturated carbocycles. The molecule has 5 rings (SSSR count). The lowest BCUT2D eigenvalue weighted by molar-refractivity contribution is -0.141. The van der Waals surface area contributed by atoms with Crippen LogP contribution in [0.1, 0.15) is 41.3 Å². The van der Waals surface area contributed by atoms with E-state index < -0.39 is 11.9 Å². The van der Waals surface area contributed by atoms with Gasteiger partial charge in [0.25, 0.3) is 0 Å². The molecule has 0 spiro atoms. The Morgan fingerprint density at radius 2 is 1.79 bits per heavy atom. The van der Waals surface area contributed by atoms with Crippen LogP contribution in [0.2, 0.25) is 0 Å². The van der Waals surface area contributed by atoms with Gasteiger partial charge < -0.3 is 14.7 Å². The van der Waals surface area contributed by atoms with Crippen molar-refractivity contribution in [3.63, 3.8) is 0 Å². The molecule has 3 aliphatic heterocycles. The number of aryl methyl sites for hydroxylation is 2. The number of aromatic nitrogens is 3. The molecule has 0 aliphatic carbocycles. The SMILES string of the molecule is C#Cc1c(N2CC(N3CCN(C(=O)C=C)CC3)C2)cc(N2CCC(c3c(C)cnn3C)CC2)nc1C(F)(F)F. The fourth-order valence-corrected chi connectivity index (χ4v) is 6.12. The van der Waals surface area contributed by atoms with Gasteiger partial charge in [0.1, 0.15) is 5.82 Å². The van der Waals surface area contributed by atoms with Crippen molar-refractivity contribution in [1.82, 2.24) is 24.6 Å². The van der Waals surface area contributed by atoms with Crippen LogP contribution in [0.5, 0.6) is 0 Å². The van der Waals surface area contributed by atoms with E-state index in [2.05, 4.69) is 27.5 Å². The molecular formula is C28H34F3N7O. The standard InChI is InChI=1S/C28H34F3N7O/c1-5-22-23(38-17-21(18-38)35-11-13-37(14-12-35)25(39)6-2)15-24(33-27(22)28(29,30)31)36-9-7-20(8-10-36)26-19(3)16-32-34(26)4/h1,6,15-16,20-21H,2,7-14,17-18H2,3-4H3. The number of piperazine rings is 1. The van der Waals surface area contributed by atoms with Gasteiger partial charge in [-0.3, -0.25) is 14.4 Å². The number of piperidine rings is 1. The highest BCUT2D eigenvalue weighted by Gasteiger charge is 2.41. The Morgan fingerprint density at radius 1 is 1.13 bits per heavy atom. The van der Waals surface area contributed by atoms with Crippen LogP contribution in [-0.2, 0) is 18.0 Å². The number of carbonyl (C=O) groups excluding carboxylic acids is 1. The van der Waals surface area contributed by atoms with Crippen LogP contribution in [0.25, 0.3) is 0 Å². The van der Waals surface area contributed by atoms with Crippen LogP contribution >= 0.6 is 0 Å². The topological polar surface area (TPSA) is 60.7 Å². The molecule has 39 heavy (non-hydrogen) atoms. The van der Waals surface area contributed by atoms with E-state index in [-0.39, 0.29) is 17.5 Å². The molecule has 11 heteroatoms. The molecule has 0 atom stereocenters. The number of hydrogen-bond donors (Lipinski definition) is 0. The average Bonchev–Trinajstić information content (AvgIpc) is 3.24. The number of amides is 1. The van der Waals surface area contributed by atoms with Crippen LogP contribution in [0.3, 0.4) is 0 Å². The second kappa shape index (κ2) is 10.6. The molecule has 0 bridgehead atoms. The fraction of sp³-hybridized carbons (Fsp3) is 0.536. The Balaban J connectivity index is 1.32. The number of hydrogen-bond acceptors (Lipinski definition) is 6. The summed E-state index contributed by atoms with van der Waals surface area (Å²) in [7, 11) is 1.93. The summed E-state index contributed by atoms with van der Waals surface area (Å²) in [6, 6.07) is 1.93. The number of rotatable bonds is 5. The molecule has 208 valence electrons. The Labute approximate surface area is 227 Å². The lowest BCUT2D eigenvalue weighted by Gasteiger charge is -2.49. The van der Waals surface area contributed by atoms with Crippen LogP contribution in [-0.4, -0.2) is 88.9 Å². The number of nitrogens with zero attached hydrogens (tertiary/aromatic N) is 7. The van der Waals surface area contributed by atoms with Gasteiger partial charge in [-0.05, 0) is 31.4 Å². The molecule has 5 heterocycles. The zero-order chi connectivity index (χ0) is 27.9. The van der Waals surface area contributed by atoms with Crippen molar-refractivity contribution in [3.05, 3.63) is 47.4 Å². The molecule has 3 saturated heterocycles. The number of alkyl halides is 3. The van der Waals surface area contributed by atoms with Crippen LogP contribution in [0.15, 0.2) is 24.9 Å². The first-order valence-electron chi connectivity index (χ1n) is 13.3. The summed E-state index contributed by atoms with van der Waals surface area (Å²) in [5.74, 6) is 2.83. The molecule has 1 amide bonds. The molecule has 2 aromatic rings. The summed E-state index contributed by atoms with van der Waals surface area (Å²) < 4.78 is 44.3. The minimum atomic E-state index is -4.66. The number of carbonyl (C=O) groups is 1. The second-order valence-electron chi connectivity index (χ2n) is 10.6. The van der Waals surface area contributed by atoms with Crippen LogP contribution in [0, 0.1) is 19.3 Å². The van der Waals surface area contributed by atoms with Crippen LogP contribution < -0.4 is 9.80 Å². The molecule has 0 N–H and O–H groups in total. The number of halogens is 3. The first-order valence-corrected chi connectivity index (χ1v) is 13.3. The normalized spacial score (nSPS) is 19.6. The van der Waals surface area contributed by atoms with E-state index in [9.17, 15) is 18.0 Å². The summed E-state index contributed by atoms with van der Waals surface area (Å²) in [6.07, 6.45) is 5.77. The van der Waals surface area contributed by atoms with Crippen molar-refractivity contribution >= 4 is 17.4 Å². The second-order valence-corrected chi connectivity index (χ2v) is 10.6. The van der Waals surface area contributed by atoms with Gasteiger partial charge in [0, 0.05) is 83.1 Å². The lowest BCUT2D eigenvalue weighted by atomic mass is 9.91. The molecule has 0 radical (unpaired) electrons. The van der Waals surface area contributed by atoms with Crippen molar-refractivity contribution in [2.75, 3.05) is 62.2 Å². The van der Waals surface area contributed by atoms with E-state index in [1.807, 2.05) is 34.6 Å². The van der Waals surface area contributed by atoms with E-state index in [4.69, 9.17) is 6.42 Å². The van der Waals surface area contributed by atoms with Crippen molar-refractivity contribution < 1.29 is 18.0 Å². The van der Waals surface area contributed by atoms with Gasteiger partial charge >= 0.3 is 6.18 Å². The first kappa shape index (κ1) is 27.1. The summed E-state index contributed by atoms with van der Waals surface area (Å²) in [6.45, 7) is 10.6. The van der Waals surface area contributed by atoms with Crippen molar-refractivity contribution in [1.29, 1.82) is 0 Å². The Hall–Kier alpha value is -3.52. The highest BCUT2D eigenvalue weighted by molar-refractivity contribution is 5.87. The van der Waals surface area contributed by atoms with E-state index in [1.165, 1.54) is 11.8 Å². The number of terminal acetylenes is 1. The predicted molar refractivity (Wildman–Crippen MR) is 144 cm³/mol. The monoisotopic (exact) mass is 541 g/mol. The Morgan fingerprint density at radius 3 is 2.33 bits per heavy atom. The van der Waals surface area contributed by atoms with Gasteiger partial charge in [-0.2, -0.15) is 18.3 Å². The number of pyridine rings is 1. The molecule has 0 unspecified atom stereocenters. The Kier molecular flexibility index (Phi) is 7.33. The average molecular weight is 542 g/mol. The molecular weight excluding hydrogens is 507 g/mol. The summed E-state index contributed by atoms with van der Waals surface area (Å²) >= 11 is 0. The maximum absolute atomic E-state index is 14.1. The van der Waals surface area contributed by atoms with Gasteiger partial charge in [0.05, 0.1) is 17.4 Å². The van der Waals surface area contributed by atoms with E-state index in [0.29, 0.717) is 56.7 Å². The van der Waals surface area contributed by atoms with Gasteiger partial charge in [-0.15, -0.1) is 6.42 Å². The van der Waals surface area contributed by atoms with Crippen molar-refractivity contribution in [2.45, 2.75) is 37.9 Å². The molecule has 3 aliphatic rings. The lowest BCUT2D eigenvalue weighted by Crippen LogP contribution is -2.63. The predicted octanol–water partition coefficient (Wildman–Crippen LogP) is 3.03. The largest absolute Gasteiger partial charge is 0.434 e. The zero-order valence-corrected chi connectivity index (χ0v) is 22.4. The van der Waals surface area contributed by atoms with Gasteiger partial charge in [0.2, 0.25) is 5.91 Å². The van der Waals surface area contributed by atoms with Crippen molar-refractivity contribution in [3.8, 4) is 12.3 Å². The molecule has 3 fully saturated rings.